The summed E-state index contributed by atoms with van der Waals surface area (Å²) in [4.78, 5) is 0. The lowest BCUT2D eigenvalue weighted by molar-refractivity contribution is 0.0431. The van der Waals surface area contributed by atoms with Crippen LogP contribution < -0.4 is 5.32 Å². The number of nitrogens with one attached hydrogen (secondary N) is 1. The number of aromatic nitrogens is 3. The first-order valence-corrected chi connectivity index (χ1v) is 4.04. The van der Waals surface area contributed by atoms with Gasteiger partial charge in [0.15, 0.2) is 0 Å². The zero-order valence-corrected chi connectivity index (χ0v) is 6.77. The maximum Gasteiger partial charge on any atom is 0.119 e. The Kier molecular flexibility index (Phi) is 1.82. The molecule has 0 bridgehead atoms. The summed E-state index contributed by atoms with van der Waals surface area (Å²) in [5.74, 6) is 0. The van der Waals surface area contributed by atoms with Gasteiger partial charge in [0.05, 0.1) is 12.1 Å². The van der Waals surface area contributed by atoms with Crippen molar-refractivity contribution in [2.45, 2.75) is 18.6 Å². The third-order valence-corrected chi connectivity index (χ3v) is 2.16. The van der Waals surface area contributed by atoms with Gasteiger partial charge < -0.3 is 15.0 Å². The van der Waals surface area contributed by atoms with E-state index in [1.165, 1.54) is 0 Å². The highest BCUT2D eigenvalue weighted by molar-refractivity contribution is 4.88. The standard InChI is InChI=1S/C7H12N4O/c12-7(1-2-8-3-7)4-11-5-9-10-6-11/h5-6,8,12H,1-4H2/t7-/m1/s1. The molecule has 1 aliphatic rings. The van der Waals surface area contributed by atoms with E-state index >= 15 is 0 Å². The minimum atomic E-state index is -0.609. The van der Waals surface area contributed by atoms with Gasteiger partial charge in [-0.2, -0.15) is 0 Å². The number of hydrogen-bond donors (Lipinski definition) is 2. The van der Waals surface area contributed by atoms with Crippen molar-refractivity contribution in [1.29, 1.82) is 0 Å². The van der Waals surface area contributed by atoms with E-state index < -0.39 is 5.60 Å². The molecule has 1 atom stereocenters. The average molecular weight is 168 g/mol. The van der Waals surface area contributed by atoms with Gasteiger partial charge in [0.2, 0.25) is 0 Å². The Balaban J connectivity index is 2.02. The first kappa shape index (κ1) is 7.70. The van der Waals surface area contributed by atoms with Crippen molar-refractivity contribution < 1.29 is 5.11 Å². The molecule has 2 rings (SSSR count). The van der Waals surface area contributed by atoms with Crippen molar-refractivity contribution in [3.05, 3.63) is 12.7 Å². The largest absolute Gasteiger partial charge is 0.387 e. The summed E-state index contributed by atoms with van der Waals surface area (Å²) >= 11 is 0. The Morgan fingerprint density at radius 3 is 2.83 bits per heavy atom. The molecular weight excluding hydrogens is 156 g/mol. The van der Waals surface area contributed by atoms with Gasteiger partial charge >= 0.3 is 0 Å². The van der Waals surface area contributed by atoms with Crippen LogP contribution in [0.3, 0.4) is 0 Å². The molecule has 0 amide bonds. The summed E-state index contributed by atoms with van der Waals surface area (Å²) in [7, 11) is 0. The van der Waals surface area contributed by atoms with E-state index in [4.69, 9.17) is 0 Å². The lowest BCUT2D eigenvalue weighted by Crippen LogP contribution is -2.35. The van der Waals surface area contributed by atoms with E-state index in [1.54, 1.807) is 17.2 Å². The third-order valence-electron chi connectivity index (χ3n) is 2.16. The summed E-state index contributed by atoms with van der Waals surface area (Å²) in [6.07, 6.45) is 4.04. The van der Waals surface area contributed by atoms with Crippen LogP contribution in [-0.2, 0) is 6.54 Å². The fourth-order valence-electron chi connectivity index (χ4n) is 1.51. The SMILES string of the molecule is O[C@]1(Cn2cnnc2)CCNC1. The zero-order valence-electron chi connectivity index (χ0n) is 6.77. The van der Waals surface area contributed by atoms with Gasteiger partial charge in [0, 0.05) is 6.54 Å². The Morgan fingerprint density at radius 1 is 1.50 bits per heavy atom. The first-order valence-electron chi connectivity index (χ1n) is 4.04. The van der Waals surface area contributed by atoms with Gasteiger partial charge in [-0.3, -0.25) is 0 Å². The second kappa shape index (κ2) is 2.84. The highest BCUT2D eigenvalue weighted by Crippen LogP contribution is 2.15. The summed E-state index contributed by atoms with van der Waals surface area (Å²) in [6, 6.07) is 0. The minimum Gasteiger partial charge on any atom is -0.387 e. The number of nitrogens with zero attached hydrogens (tertiary/aromatic N) is 3. The molecule has 66 valence electrons. The maximum atomic E-state index is 9.92. The van der Waals surface area contributed by atoms with Crippen molar-refractivity contribution in [1.82, 2.24) is 20.1 Å². The molecule has 0 unspecified atom stereocenters. The van der Waals surface area contributed by atoms with Crippen molar-refractivity contribution in [2.75, 3.05) is 13.1 Å². The van der Waals surface area contributed by atoms with E-state index in [-0.39, 0.29) is 0 Å². The third kappa shape index (κ3) is 1.46. The Bertz CT molecular complexity index is 240. The molecule has 1 aliphatic heterocycles. The van der Waals surface area contributed by atoms with Crippen molar-refractivity contribution in [3.63, 3.8) is 0 Å². The summed E-state index contributed by atoms with van der Waals surface area (Å²) in [5.41, 5.74) is -0.609. The molecule has 0 saturated carbocycles. The Hall–Kier alpha value is -0.940. The van der Waals surface area contributed by atoms with Crippen LogP contribution in [0, 0.1) is 0 Å². The molecule has 2 N–H and O–H groups in total. The van der Waals surface area contributed by atoms with Crippen LogP contribution in [0.25, 0.3) is 0 Å². The zero-order chi connectivity index (χ0) is 8.44. The van der Waals surface area contributed by atoms with E-state index in [0.717, 1.165) is 13.0 Å². The molecule has 2 heterocycles. The van der Waals surface area contributed by atoms with Gasteiger partial charge in [0.1, 0.15) is 12.7 Å². The maximum absolute atomic E-state index is 9.92. The number of hydrogen-bond acceptors (Lipinski definition) is 4. The Labute approximate surface area is 70.4 Å². The van der Waals surface area contributed by atoms with Crippen LogP contribution in [0.4, 0.5) is 0 Å². The molecule has 0 aromatic carbocycles. The molecule has 1 aromatic rings. The molecule has 12 heavy (non-hydrogen) atoms. The quantitative estimate of drug-likeness (QED) is 0.594. The smallest absolute Gasteiger partial charge is 0.119 e. The molecule has 1 aromatic heterocycles. The van der Waals surface area contributed by atoms with Crippen LogP contribution in [0.5, 0.6) is 0 Å². The first-order chi connectivity index (χ1) is 5.79. The normalized spacial score (nSPS) is 29.4. The van der Waals surface area contributed by atoms with Crippen LogP contribution in [0.1, 0.15) is 6.42 Å². The van der Waals surface area contributed by atoms with Gasteiger partial charge in [-0.15, -0.1) is 10.2 Å². The molecule has 5 nitrogen and oxygen atoms in total. The highest BCUT2D eigenvalue weighted by Gasteiger charge is 2.31. The van der Waals surface area contributed by atoms with E-state index in [2.05, 4.69) is 15.5 Å². The summed E-state index contributed by atoms with van der Waals surface area (Å²) in [6.45, 7) is 2.12. The molecule has 5 heteroatoms. The predicted molar refractivity (Wildman–Crippen MR) is 42.5 cm³/mol. The summed E-state index contributed by atoms with van der Waals surface area (Å²) < 4.78 is 1.80. The van der Waals surface area contributed by atoms with Gasteiger partial charge in [-0.05, 0) is 13.0 Å². The number of rotatable bonds is 2. The Morgan fingerprint density at radius 2 is 2.25 bits per heavy atom. The van der Waals surface area contributed by atoms with Crippen LogP contribution in [0.2, 0.25) is 0 Å². The second-order valence-corrected chi connectivity index (χ2v) is 3.29. The molecule has 1 fully saturated rings. The molecular formula is C7H12N4O. The van der Waals surface area contributed by atoms with Gasteiger partial charge in [0.25, 0.3) is 0 Å². The lowest BCUT2D eigenvalue weighted by Gasteiger charge is -2.20. The highest BCUT2D eigenvalue weighted by atomic mass is 16.3. The van der Waals surface area contributed by atoms with Gasteiger partial charge in [-0.1, -0.05) is 0 Å². The van der Waals surface area contributed by atoms with Crippen molar-refractivity contribution in [2.24, 2.45) is 0 Å². The average Bonchev–Trinajstić information content (AvgIpc) is 2.62. The van der Waals surface area contributed by atoms with E-state index in [0.29, 0.717) is 13.1 Å². The lowest BCUT2D eigenvalue weighted by atomic mass is 10.0. The molecule has 1 saturated heterocycles. The monoisotopic (exact) mass is 168 g/mol. The van der Waals surface area contributed by atoms with Crippen molar-refractivity contribution in [3.8, 4) is 0 Å². The second-order valence-electron chi connectivity index (χ2n) is 3.29. The summed E-state index contributed by atoms with van der Waals surface area (Å²) in [5, 5.41) is 20.4. The topological polar surface area (TPSA) is 63.0 Å². The van der Waals surface area contributed by atoms with Crippen molar-refractivity contribution >= 4 is 0 Å². The van der Waals surface area contributed by atoms with Crippen LogP contribution in [0.15, 0.2) is 12.7 Å². The van der Waals surface area contributed by atoms with Crippen LogP contribution >= 0.6 is 0 Å². The van der Waals surface area contributed by atoms with E-state index in [9.17, 15) is 5.11 Å². The van der Waals surface area contributed by atoms with Gasteiger partial charge in [-0.25, -0.2) is 0 Å². The fourth-order valence-corrected chi connectivity index (χ4v) is 1.51. The molecule has 0 radical (unpaired) electrons. The number of aliphatic hydroxyl groups is 1. The van der Waals surface area contributed by atoms with E-state index in [1.807, 2.05) is 0 Å². The minimum absolute atomic E-state index is 0.576. The predicted octanol–water partition coefficient (Wildman–Crippen LogP) is -0.998. The molecule has 0 aliphatic carbocycles. The fraction of sp³-hybridized carbons (Fsp3) is 0.714. The molecule has 0 spiro atoms. The number of β-amino-alcohol motifs (C(OH)–C–C–N with tert-alkyl or cyclic N) is 1. The van der Waals surface area contributed by atoms with Crippen LogP contribution in [-0.4, -0.2) is 38.6 Å².